The van der Waals surface area contributed by atoms with Gasteiger partial charge in [0.05, 0.1) is 13.2 Å². The number of nitrogens with zero attached hydrogens (tertiary/aromatic N) is 1. The van der Waals surface area contributed by atoms with E-state index in [0.717, 1.165) is 38.3 Å². The van der Waals surface area contributed by atoms with Crippen LogP contribution in [0.3, 0.4) is 0 Å². The molecule has 1 fully saturated rings. The summed E-state index contributed by atoms with van der Waals surface area (Å²) in [5.74, 6) is -0.201. The van der Waals surface area contributed by atoms with Gasteiger partial charge in [-0.1, -0.05) is 12.1 Å². The molecule has 1 saturated heterocycles. The van der Waals surface area contributed by atoms with Gasteiger partial charge in [-0.3, -0.25) is 4.90 Å². The van der Waals surface area contributed by atoms with Crippen LogP contribution in [0.25, 0.3) is 0 Å². The SMILES string of the molecule is Fc1cccc(COCCN2CCNCC2)c1. The molecule has 0 spiro atoms. The molecule has 0 aromatic heterocycles. The molecule has 0 radical (unpaired) electrons. The predicted octanol–water partition coefficient (Wildman–Crippen LogP) is 1.25. The van der Waals surface area contributed by atoms with Crippen LogP contribution >= 0.6 is 0 Å². The Morgan fingerprint density at radius 2 is 2.12 bits per heavy atom. The van der Waals surface area contributed by atoms with E-state index in [1.54, 1.807) is 6.07 Å². The summed E-state index contributed by atoms with van der Waals surface area (Å²) in [5, 5.41) is 3.31. The molecular formula is C13H19FN2O. The molecule has 0 unspecified atom stereocenters. The molecule has 1 N–H and O–H groups in total. The van der Waals surface area contributed by atoms with Crippen molar-refractivity contribution in [1.29, 1.82) is 0 Å². The summed E-state index contributed by atoms with van der Waals surface area (Å²) in [6.07, 6.45) is 0. The third kappa shape index (κ3) is 4.42. The van der Waals surface area contributed by atoms with Crippen molar-refractivity contribution in [3.63, 3.8) is 0 Å². The molecule has 0 aliphatic carbocycles. The molecule has 2 rings (SSSR count). The minimum absolute atomic E-state index is 0.201. The van der Waals surface area contributed by atoms with Gasteiger partial charge in [0.15, 0.2) is 0 Å². The van der Waals surface area contributed by atoms with E-state index < -0.39 is 0 Å². The van der Waals surface area contributed by atoms with E-state index in [1.807, 2.05) is 6.07 Å². The third-order valence-corrected chi connectivity index (χ3v) is 2.92. The number of ether oxygens (including phenoxy) is 1. The number of rotatable bonds is 5. The lowest BCUT2D eigenvalue weighted by atomic mass is 10.2. The smallest absolute Gasteiger partial charge is 0.123 e. The predicted molar refractivity (Wildman–Crippen MR) is 65.4 cm³/mol. The van der Waals surface area contributed by atoms with E-state index in [0.29, 0.717) is 13.2 Å². The van der Waals surface area contributed by atoms with Gasteiger partial charge in [0.25, 0.3) is 0 Å². The Morgan fingerprint density at radius 3 is 2.88 bits per heavy atom. The maximum absolute atomic E-state index is 12.9. The van der Waals surface area contributed by atoms with Crippen LogP contribution in [0.1, 0.15) is 5.56 Å². The molecule has 94 valence electrons. The maximum Gasteiger partial charge on any atom is 0.123 e. The fourth-order valence-electron chi connectivity index (χ4n) is 1.95. The van der Waals surface area contributed by atoms with E-state index in [9.17, 15) is 4.39 Å². The summed E-state index contributed by atoms with van der Waals surface area (Å²) in [7, 11) is 0. The first-order chi connectivity index (χ1) is 8.34. The van der Waals surface area contributed by atoms with Crippen LogP contribution in [0, 0.1) is 5.82 Å². The van der Waals surface area contributed by atoms with Gasteiger partial charge in [-0.05, 0) is 17.7 Å². The van der Waals surface area contributed by atoms with Gasteiger partial charge >= 0.3 is 0 Å². The Balaban J connectivity index is 1.62. The average Bonchev–Trinajstić information content (AvgIpc) is 2.36. The van der Waals surface area contributed by atoms with Crippen molar-refractivity contribution < 1.29 is 9.13 Å². The molecule has 0 atom stereocenters. The van der Waals surface area contributed by atoms with E-state index in [1.165, 1.54) is 12.1 Å². The molecule has 1 aliphatic heterocycles. The largest absolute Gasteiger partial charge is 0.375 e. The second kappa shape index (κ2) is 6.69. The Morgan fingerprint density at radius 1 is 1.29 bits per heavy atom. The minimum atomic E-state index is -0.201. The molecule has 1 heterocycles. The average molecular weight is 238 g/mol. The molecule has 0 saturated carbocycles. The fourth-order valence-corrected chi connectivity index (χ4v) is 1.95. The molecule has 1 aromatic rings. The van der Waals surface area contributed by atoms with E-state index in [-0.39, 0.29) is 5.82 Å². The normalized spacial score (nSPS) is 17.2. The lowest BCUT2D eigenvalue weighted by Gasteiger charge is -2.26. The van der Waals surface area contributed by atoms with Crippen molar-refractivity contribution in [3.8, 4) is 0 Å². The van der Waals surface area contributed by atoms with Gasteiger partial charge in [-0.25, -0.2) is 4.39 Å². The highest BCUT2D eigenvalue weighted by Gasteiger charge is 2.08. The molecule has 0 bridgehead atoms. The van der Waals surface area contributed by atoms with Crippen molar-refractivity contribution in [2.45, 2.75) is 6.61 Å². The summed E-state index contributed by atoms with van der Waals surface area (Å²) in [6, 6.07) is 6.56. The molecule has 4 heteroatoms. The summed E-state index contributed by atoms with van der Waals surface area (Å²) in [6.45, 7) is 6.44. The van der Waals surface area contributed by atoms with Gasteiger partial charge in [-0.2, -0.15) is 0 Å². The second-order valence-corrected chi connectivity index (χ2v) is 4.27. The maximum atomic E-state index is 12.9. The Labute approximate surface area is 102 Å². The summed E-state index contributed by atoms with van der Waals surface area (Å²) in [4.78, 5) is 2.38. The van der Waals surface area contributed by atoms with E-state index in [4.69, 9.17) is 4.74 Å². The quantitative estimate of drug-likeness (QED) is 0.781. The lowest BCUT2D eigenvalue weighted by molar-refractivity contribution is 0.0885. The van der Waals surface area contributed by atoms with E-state index >= 15 is 0 Å². The second-order valence-electron chi connectivity index (χ2n) is 4.27. The van der Waals surface area contributed by atoms with Crippen LogP contribution in [-0.2, 0) is 11.3 Å². The number of piperazine rings is 1. The van der Waals surface area contributed by atoms with Crippen LogP contribution in [-0.4, -0.2) is 44.2 Å². The topological polar surface area (TPSA) is 24.5 Å². The zero-order valence-electron chi connectivity index (χ0n) is 9.99. The number of hydrogen-bond donors (Lipinski definition) is 1. The van der Waals surface area contributed by atoms with Crippen molar-refractivity contribution in [1.82, 2.24) is 10.2 Å². The van der Waals surface area contributed by atoms with Crippen LogP contribution in [0.5, 0.6) is 0 Å². The number of nitrogens with one attached hydrogen (secondary N) is 1. The van der Waals surface area contributed by atoms with Gasteiger partial charge in [0, 0.05) is 32.7 Å². The van der Waals surface area contributed by atoms with Crippen LogP contribution in [0.2, 0.25) is 0 Å². The molecule has 1 aliphatic rings. The summed E-state index contributed by atoms with van der Waals surface area (Å²) < 4.78 is 18.4. The summed E-state index contributed by atoms with van der Waals surface area (Å²) >= 11 is 0. The Hall–Kier alpha value is -0.970. The number of halogens is 1. The highest BCUT2D eigenvalue weighted by atomic mass is 19.1. The van der Waals surface area contributed by atoms with Crippen molar-refractivity contribution in [3.05, 3.63) is 35.6 Å². The van der Waals surface area contributed by atoms with Crippen molar-refractivity contribution in [2.24, 2.45) is 0 Å². The number of benzene rings is 1. The van der Waals surface area contributed by atoms with Gasteiger partial charge in [0.1, 0.15) is 5.82 Å². The zero-order valence-corrected chi connectivity index (χ0v) is 9.99. The lowest BCUT2D eigenvalue weighted by Crippen LogP contribution is -2.44. The molecule has 0 amide bonds. The first-order valence-corrected chi connectivity index (χ1v) is 6.10. The highest BCUT2D eigenvalue weighted by Crippen LogP contribution is 2.04. The van der Waals surface area contributed by atoms with Crippen LogP contribution < -0.4 is 5.32 Å². The van der Waals surface area contributed by atoms with Gasteiger partial charge in [0.2, 0.25) is 0 Å². The Bertz CT molecular complexity index is 340. The highest BCUT2D eigenvalue weighted by molar-refractivity contribution is 5.15. The fraction of sp³-hybridized carbons (Fsp3) is 0.538. The molecule has 1 aromatic carbocycles. The van der Waals surface area contributed by atoms with Crippen molar-refractivity contribution in [2.75, 3.05) is 39.3 Å². The van der Waals surface area contributed by atoms with E-state index in [2.05, 4.69) is 10.2 Å². The number of hydrogen-bond acceptors (Lipinski definition) is 3. The molecule has 17 heavy (non-hydrogen) atoms. The van der Waals surface area contributed by atoms with Crippen LogP contribution in [0.15, 0.2) is 24.3 Å². The Kier molecular flexibility index (Phi) is 4.91. The van der Waals surface area contributed by atoms with Gasteiger partial charge < -0.3 is 10.1 Å². The van der Waals surface area contributed by atoms with Gasteiger partial charge in [-0.15, -0.1) is 0 Å². The van der Waals surface area contributed by atoms with Crippen LogP contribution in [0.4, 0.5) is 4.39 Å². The third-order valence-electron chi connectivity index (χ3n) is 2.92. The molecular weight excluding hydrogens is 219 g/mol. The van der Waals surface area contributed by atoms with Crippen molar-refractivity contribution >= 4 is 0 Å². The zero-order chi connectivity index (χ0) is 11.9. The first-order valence-electron chi connectivity index (χ1n) is 6.10. The summed E-state index contributed by atoms with van der Waals surface area (Å²) in [5.41, 5.74) is 0.894. The molecule has 3 nitrogen and oxygen atoms in total. The minimum Gasteiger partial charge on any atom is -0.375 e. The standard InChI is InChI=1S/C13H19FN2O/c14-13-3-1-2-12(10-13)11-17-9-8-16-6-4-15-5-7-16/h1-3,10,15H,4-9,11H2. The monoisotopic (exact) mass is 238 g/mol. The first kappa shape index (κ1) is 12.5.